The first-order chi connectivity index (χ1) is 27.5. The largest absolute Gasteiger partial charge is 0.134 e. The first-order valence-corrected chi connectivity index (χ1v) is 20.4. The zero-order chi connectivity index (χ0) is 37.1. The van der Waals surface area contributed by atoms with Crippen molar-refractivity contribution in [2.24, 2.45) is 0 Å². The maximum absolute atomic E-state index is 2.53. The van der Waals surface area contributed by atoms with Crippen LogP contribution in [-0.4, -0.2) is 0 Å². The Morgan fingerprint density at radius 3 is 1.66 bits per heavy atom. The molecule has 0 N–H and O–H groups in total. The average Bonchev–Trinajstić information content (AvgIpc) is 3.72. The van der Waals surface area contributed by atoms with E-state index in [1.54, 1.807) is 0 Å². The Kier molecular flexibility index (Phi) is 6.66. The van der Waals surface area contributed by atoms with Gasteiger partial charge in [-0.2, -0.15) is 0 Å². The first-order valence-electron chi connectivity index (χ1n) is 19.6. The molecule has 0 fully saturated rings. The molecule has 56 heavy (non-hydrogen) atoms. The summed E-state index contributed by atoms with van der Waals surface area (Å²) in [6.07, 6.45) is 0. The molecule has 0 saturated carbocycles. The van der Waals surface area contributed by atoms with Crippen LogP contribution in [0.15, 0.2) is 182 Å². The Bertz CT molecular complexity index is 3390. The summed E-state index contributed by atoms with van der Waals surface area (Å²) in [5, 5.41) is 13.0. The minimum Gasteiger partial charge on any atom is -0.134 e. The molecule has 1 heterocycles. The van der Waals surface area contributed by atoms with Gasteiger partial charge in [0.1, 0.15) is 0 Å². The molecule has 0 amide bonds. The molecule has 12 rings (SSSR count). The van der Waals surface area contributed by atoms with Crippen molar-refractivity contribution in [2.45, 2.75) is 19.3 Å². The van der Waals surface area contributed by atoms with Crippen LogP contribution in [0.2, 0.25) is 0 Å². The summed E-state index contributed by atoms with van der Waals surface area (Å²) in [5.74, 6) is 0. The minimum absolute atomic E-state index is 0.124. The van der Waals surface area contributed by atoms with Crippen LogP contribution >= 0.6 is 11.3 Å². The van der Waals surface area contributed by atoms with Crippen LogP contribution in [-0.2, 0) is 5.41 Å². The molecular formula is C55H36S. The minimum atomic E-state index is -0.124. The third-order valence-corrected chi connectivity index (χ3v) is 13.8. The zero-order valence-electron chi connectivity index (χ0n) is 31.2. The normalized spacial score (nSPS) is 13.3. The number of hydrogen-bond acceptors (Lipinski definition) is 1. The molecule has 0 unspecified atom stereocenters. The van der Waals surface area contributed by atoms with E-state index < -0.39 is 0 Å². The second-order valence-corrected chi connectivity index (χ2v) is 17.0. The van der Waals surface area contributed by atoms with E-state index in [1.807, 2.05) is 11.3 Å². The molecule has 0 atom stereocenters. The van der Waals surface area contributed by atoms with E-state index in [2.05, 4.69) is 196 Å². The van der Waals surface area contributed by atoms with Gasteiger partial charge in [-0.1, -0.05) is 172 Å². The van der Waals surface area contributed by atoms with Crippen LogP contribution in [0.4, 0.5) is 0 Å². The topological polar surface area (TPSA) is 0 Å². The van der Waals surface area contributed by atoms with E-state index in [9.17, 15) is 0 Å². The Labute approximate surface area is 329 Å². The fourth-order valence-corrected chi connectivity index (χ4v) is 11.3. The Hall–Kier alpha value is -6.54. The molecule has 11 aromatic rings. The molecule has 1 heteroatoms. The van der Waals surface area contributed by atoms with Crippen LogP contribution in [0.3, 0.4) is 0 Å². The van der Waals surface area contributed by atoms with Gasteiger partial charge in [-0.3, -0.25) is 0 Å². The summed E-state index contributed by atoms with van der Waals surface area (Å²) in [5.41, 5.74) is 13.1. The summed E-state index contributed by atoms with van der Waals surface area (Å²) in [6, 6.07) is 68.2. The SMILES string of the molecule is CC1(C)c2ccccc2-c2c1cc(-c1cccc(-c3c4ccccc4c(-c4cccc5ccccc45)c4ccccc34)c1)c1sc3cc4ccccc4cc3c21. The first kappa shape index (κ1) is 31.8. The third kappa shape index (κ3) is 4.41. The van der Waals surface area contributed by atoms with Crippen molar-refractivity contribution in [3.8, 4) is 44.5 Å². The molecule has 1 aromatic heterocycles. The highest BCUT2D eigenvalue weighted by Gasteiger charge is 2.38. The van der Waals surface area contributed by atoms with Crippen molar-refractivity contribution in [3.05, 3.63) is 193 Å². The summed E-state index contributed by atoms with van der Waals surface area (Å²) in [4.78, 5) is 0. The van der Waals surface area contributed by atoms with E-state index in [4.69, 9.17) is 0 Å². The Balaban J connectivity index is 1.15. The van der Waals surface area contributed by atoms with Gasteiger partial charge < -0.3 is 0 Å². The van der Waals surface area contributed by atoms with E-state index >= 15 is 0 Å². The van der Waals surface area contributed by atoms with Crippen molar-refractivity contribution in [2.75, 3.05) is 0 Å². The predicted molar refractivity (Wildman–Crippen MR) is 243 cm³/mol. The van der Waals surface area contributed by atoms with Crippen molar-refractivity contribution < 1.29 is 0 Å². The molecule has 10 aromatic carbocycles. The summed E-state index contributed by atoms with van der Waals surface area (Å²) >= 11 is 1.95. The van der Waals surface area contributed by atoms with E-state index in [0.717, 1.165) is 0 Å². The van der Waals surface area contributed by atoms with Gasteiger partial charge in [-0.25, -0.2) is 0 Å². The lowest BCUT2D eigenvalue weighted by Gasteiger charge is -2.22. The van der Waals surface area contributed by atoms with Crippen molar-refractivity contribution >= 4 is 74.6 Å². The lowest BCUT2D eigenvalue weighted by Crippen LogP contribution is -2.15. The lowest BCUT2D eigenvalue weighted by molar-refractivity contribution is 0.661. The molecule has 262 valence electrons. The maximum atomic E-state index is 2.53. The number of thiophene rings is 1. The van der Waals surface area contributed by atoms with Gasteiger partial charge in [0, 0.05) is 25.6 Å². The van der Waals surface area contributed by atoms with E-state index in [0.29, 0.717) is 0 Å². The highest BCUT2D eigenvalue weighted by atomic mass is 32.1. The highest BCUT2D eigenvalue weighted by molar-refractivity contribution is 7.26. The smallest absolute Gasteiger partial charge is 0.0440 e. The number of hydrogen-bond donors (Lipinski definition) is 0. The monoisotopic (exact) mass is 728 g/mol. The third-order valence-electron chi connectivity index (χ3n) is 12.6. The fourth-order valence-electron chi connectivity index (χ4n) is 10.0. The fraction of sp³-hybridized carbons (Fsp3) is 0.0545. The summed E-state index contributed by atoms with van der Waals surface area (Å²) in [7, 11) is 0. The Morgan fingerprint density at radius 1 is 0.357 bits per heavy atom. The summed E-state index contributed by atoms with van der Waals surface area (Å²) in [6.45, 7) is 4.81. The van der Waals surface area contributed by atoms with Gasteiger partial charge in [0.15, 0.2) is 0 Å². The number of fused-ring (bicyclic) bond motifs is 11. The molecule has 0 bridgehead atoms. The Morgan fingerprint density at radius 2 is 0.911 bits per heavy atom. The van der Waals surface area contributed by atoms with Gasteiger partial charge in [0.2, 0.25) is 0 Å². The maximum Gasteiger partial charge on any atom is 0.0440 e. The van der Waals surface area contributed by atoms with Crippen molar-refractivity contribution in [1.29, 1.82) is 0 Å². The molecule has 1 aliphatic rings. The molecule has 0 spiro atoms. The van der Waals surface area contributed by atoms with Crippen LogP contribution in [0.25, 0.3) is 108 Å². The molecule has 0 radical (unpaired) electrons. The highest BCUT2D eigenvalue weighted by Crippen LogP contribution is 2.56. The molecular weight excluding hydrogens is 693 g/mol. The number of rotatable bonds is 3. The van der Waals surface area contributed by atoms with E-state index in [-0.39, 0.29) is 5.41 Å². The van der Waals surface area contributed by atoms with Crippen LogP contribution < -0.4 is 0 Å². The van der Waals surface area contributed by atoms with Gasteiger partial charge in [-0.05, 0) is 123 Å². The van der Waals surface area contributed by atoms with Gasteiger partial charge in [0.25, 0.3) is 0 Å². The van der Waals surface area contributed by atoms with Crippen LogP contribution in [0, 0.1) is 0 Å². The molecule has 0 saturated heterocycles. The second kappa shape index (κ2) is 11.7. The molecule has 0 aliphatic heterocycles. The standard InChI is InChI=1S/C55H36S/c1-55(2)47-28-12-11-26-44(47)52-48(55)32-45(54-53(52)46-30-34-16-3-4-17-35(34)31-49(46)56-54)36-19-13-20-37(29-36)50-40-22-7-9-24-42(40)51(43-25-10-8-23-41(43)50)39-27-14-18-33-15-5-6-21-38(33)39/h3-32H,1-2H3. The quantitative estimate of drug-likeness (QED) is 0.159. The van der Waals surface area contributed by atoms with Gasteiger partial charge in [-0.15, -0.1) is 11.3 Å². The van der Waals surface area contributed by atoms with E-state index in [1.165, 1.54) is 119 Å². The van der Waals surface area contributed by atoms with Crippen LogP contribution in [0.5, 0.6) is 0 Å². The number of benzene rings is 10. The van der Waals surface area contributed by atoms with Gasteiger partial charge in [0.05, 0.1) is 0 Å². The van der Waals surface area contributed by atoms with Gasteiger partial charge >= 0.3 is 0 Å². The second-order valence-electron chi connectivity index (χ2n) is 16.0. The average molecular weight is 729 g/mol. The molecule has 0 nitrogen and oxygen atoms in total. The summed E-state index contributed by atoms with van der Waals surface area (Å²) < 4.78 is 2.70. The predicted octanol–water partition coefficient (Wildman–Crippen LogP) is 16.0. The lowest BCUT2D eigenvalue weighted by atomic mass is 9.81. The zero-order valence-corrected chi connectivity index (χ0v) is 32.0. The van der Waals surface area contributed by atoms with Crippen LogP contribution in [0.1, 0.15) is 25.0 Å². The van der Waals surface area contributed by atoms with Crippen molar-refractivity contribution in [3.63, 3.8) is 0 Å². The molecule has 1 aliphatic carbocycles. The van der Waals surface area contributed by atoms with Crippen molar-refractivity contribution in [1.82, 2.24) is 0 Å².